The summed E-state index contributed by atoms with van der Waals surface area (Å²) in [5.74, 6) is -0.0195. The van der Waals surface area contributed by atoms with Gasteiger partial charge in [0.15, 0.2) is 6.54 Å². The van der Waals surface area contributed by atoms with Crippen molar-refractivity contribution < 1.29 is 14.6 Å². The lowest BCUT2D eigenvalue weighted by atomic mass is 10.1. The van der Waals surface area contributed by atoms with E-state index in [1.165, 1.54) is 20.9 Å². The Hall–Kier alpha value is -2.15. The topological polar surface area (TPSA) is 50.3 Å². The van der Waals surface area contributed by atoms with E-state index in [1.807, 2.05) is 12.1 Å². The van der Waals surface area contributed by atoms with E-state index in [4.69, 9.17) is 0 Å². The molecule has 0 bridgehead atoms. The van der Waals surface area contributed by atoms with Crippen LogP contribution in [0.4, 0.5) is 0 Å². The molecule has 0 atom stereocenters. The minimum absolute atomic E-state index is 0.0195. The van der Waals surface area contributed by atoms with Crippen LogP contribution < -0.4 is 15.2 Å². The first-order valence-electron chi connectivity index (χ1n) is 9.81. The predicted octanol–water partition coefficient (Wildman–Crippen LogP) is 0.151. The first-order chi connectivity index (χ1) is 13.6. The lowest BCUT2D eigenvalue weighted by Crippen LogP contribution is -3.28. The van der Waals surface area contributed by atoms with Crippen molar-refractivity contribution in [2.24, 2.45) is 5.10 Å². The number of carbonyl (C=O) groups excluding carboxylic acids is 1. The highest BCUT2D eigenvalue weighted by molar-refractivity contribution is 7.98. The number of aryl methyl sites for hydroxylation is 1. The molecule has 0 aliphatic carbocycles. The number of piperazine rings is 1. The fourth-order valence-electron chi connectivity index (χ4n) is 3.44. The van der Waals surface area contributed by atoms with E-state index in [0.717, 1.165) is 38.3 Å². The summed E-state index contributed by atoms with van der Waals surface area (Å²) in [6, 6.07) is 16.9. The summed E-state index contributed by atoms with van der Waals surface area (Å²) in [6.45, 7) is 7.92. The van der Waals surface area contributed by atoms with Gasteiger partial charge in [0.1, 0.15) is 32.7 Å². The normalized spacial score (nSPS) is 19.6. The molecule has 1 aliphatic heterocycles. The molecule has 2 aromatic rings. The molecule has 1 heterocycles. The van der Waals surface area contributed by atoms with E-state index >= 15 is 0 Å². The maximum Gasteiger partial charge on any atom is 0.295 e. The highest BCUT2D eigenvalue weighted by atomic mass is 32.2. The van der Waals surface area contributed by atoms with E-state index in [2.05, 4.69) is 60.1 Å². The van der Waals surface area contributed by atoms with Gasteiger partial charge in [-0.1, -0.05) is 42.0 Å². The molecule has 0 unspecified atom stereocenters. The lowest BCUT2D eigenvalue weighted by Gasteiger charge is -2.29. The number of hydrogen-bond donors (Lipinski definition) is 3. The van der Waals surface area contributed by atoms with Crippen LogP contribution in [0.25, 0.3) is 0 Å². The SMILES string of the molecule is CSc1ccc(/C=N\NC(=O)C[NH+]2CC[NH+](Cc3ccc(C)cc3)CC2)cc1. The Morgan fingerprint density at radius 1 is 1.04 bits per heavy atom. The van der Waals surface area contributed by atoms with Crippen LogP contribution in [0.15, 0.2) is 58.5 Å². The molecule has 3 rings (SSSR count). The number of benzene rings is 2. The molecule has 1 aliphatic rings. The van der Waals surface area contributed by atoms with Gasteiger partial charge in [-0.15, -0.1) is 11.8 Å². The second-order valence-corrected chi connectivity index (χ2v) is 8.29. The number of carbonyl (C=O) groups is 1. The molecule has 0 saturated carbocycles. The van der Waals surface area contributed by atoms with Crippen molar-refractivity contribution in [2.45, 2.75) is 18.4 Å². The number of nitrogens with zero attached hydrogens (tertiary/aromatic N) is 1. The largest absolute Gasteiger partial charge is 0.322 e. The van der Waals surface area contributed by atoms with Gasteiger partial charge in [0.25, 0.3) is 5.91 Å². The summed E-state index contributed by atoms with van der Waals surface area (Å²) < 4.78 is 0. The monoisotopic (exact) mass is 398 g/mol. The molecule has 0 spiro atoms. The zero-order valence-corrected chi connectivity index (χ0v) is 17.5. The number of nitrogens with one attached hydrogen (secondary N) is 3. The second kappa shape index (κ2) is 10.4. The summed E-state index contributed by atoms with van der Waals surface area (Å²) in [5.41, 5.74) is 6.34. The van der Waals surface area contributed by atoms with Crippen molar-refractivity contribution in [3.8, 4) is 0 Å². The number of hydrogen-bond acceptors (Lipinski definition) is 3. The van der Waals surface area contributed by atoms with Crippen molar-refractivity contribution in [2.75, 3.05) is 39.0 Å². The summed E-state index contributed by atoms with van der Waals surface area (Å²) >= 11 is 1.71. The van der Waals surface area contributed by atoms with E-state index < -0.39 is 0 Å². The summed E-state index contributed by atoms with van der Waals surface area (Å²) in [7, 11) is 0. The molecular weight excluding hydrogens is 368 g/mol. The molecule has 0 aromatic heterocycles. The van der Waals surface area contributed by atoms with Gasteiger partial charge in [-0.2, -0.15) is 5.10 Å². The number of rotatable bonds is 7. The van der Waals surface area contributed by atoms with Gasteiger partial charge in [0.2, 0.25) is 0 Å². The van der Waals surface area contributed by atoms with Gasteiger partial charge in [0, 0.05) is 10.5 Å². The van der Waals surface area contributed by atoms with Crippen LogP contribution in [-0.2, 0) is 11.3 Å². The van der Waals surface area contributed by atoms with Gasteiger partial charge in [-0.25, -0.2) is 5.43 Å². The molecule has 2 aromatic carbocycles. The number of amides is 1. The first-order valence-corrected chi connectivity index (χ1v) is 11.0. The van der Waals surface area contributed by atoms with Crippen LogP contribution >= 0.6 is 11.8 Å². The van der Waals surface area contributed by atoms with Crippen molar-refractivity contribution in [3.63, 3.8) is 0 Å². The van der Waals surface area contributed by atoms with Crippen molar-refractivity contribution in [1.29, 1.82) is 0 Å². The second-order valence-electron chi connectivity index (χ2n) is 7.41. The van der Waals surface area contributed by atoms with Gasteiger partial charge in [-0.05, 0) is 30.9 Å². The molecule has 1 amide bonds. The zero-order chi connectivity index (χ0) is 19.8. The van der Waals surface area contributed by atoms with E-state index in [-0.39, 0.29) is 5.91 Å². The van der Waals surface area contributed by atoms with Crippen LogP contribution in [0.5, 0.6) is 0 Å². The van der Waals surface area contributed by atoms with Crippen LogP contribution in [-0.4, -0.2) is 51.1 Å². The van der Waals surface area contributed by atoms with E-state index in [9.17, 15) is 4.79 Å². The quantitative estimate of drug-likeness (QED) is 0.353. The molecule has 6 heteroatoms. The maximum absolute atomic E-state index is 12.2. The van der Waals surface area contributed by atoms with E-state index in [0.29, 0.717) is 6.54 Å². The molecule has 3 N–H and O–H groups in total. The maximum atomic E-state index is 12.2. The van der Waals surface area contributed by atoms with Crippen molar-refractivity contribution >= 4 is 23.9 Å². The van der Waals surface area contributed by atoms with E-state index in [1.54, 1.807) is 22.9 Å². The fraction of sp³-hybridized carbons (Fsp3) is 0.364. The van der Waals surface area contributed by atoms with Crippen molar-refractivity contribution in [1.82, 2.24) is 5.43 Å². The summed E-state index contributed by atoms with van der Waals surface area (Å²) in [6.07, 6.45) is 3.75. The Labute approximate surface area is 171 Å². The zero-order valence-electron chi connectivity index (χ0n) is 16.7. The third-order valence-electron chi connectivity index (χ3n) is 5.17. The lowest BCUT2D eigenvalue weighted by molar-refractivity contribution is -1.02. The Morgan fingerprint density at radius 3 is 2.32 bits per heavy atom. The van der Waals surface area contributed by atoms with Crippen molar-refractivity contribution in [3.05, 3.63) is 65.2 Å². The standard InChI is InChI=1S/C22H28N4OS/c1-18-3-5-20(6-4-18)16-25-11-13-26(14-12-25)17-22(27)24-23-15-19-7-9-21(28-2)10-8-19/h3-10,15H,11-14,16-17H2,1-2H3,(H,24,27)/p+2/b23-15-. The molecular formula is C22H30N4OS+2. The Bertz CT molecular complexity index is 781. The molecule has 5 nitrogen and oxygen atoms in total. The highest BCUT2D eigenvalue weighted by Gasteiger charge is 2.24. The van der Waals surface area contributed by atoms with Crippen LogP contribution in [0.3, 0.4) is 0 Å². The fourth-order valence-corrected chi connectivity index (χ4v) is 3.85. The predicted molar refractivity (Wildman–Crippen MR) is 115 cm³/mol. The minimum Gasteiger partial charge on any atom is -0.322 e. The third kappa shape index (κ3) is 6.48. The van der Waals surface area contributed by atoms with Crippen LogP contribution in [0.1, 0.15) is 16.7 Å². The Morgan fingerprint density at radius 2 is 1.68 bits per heavy atom. The smallest absolute Gasteiger partial charge is 0.295 e. The van der Waals surface area contributed by atoms with Crippen LogP contribution in [0.2, 0.25) is 0 Å². The van der Waals surface area contributed by atoms with Gasteiger partial charge >= 0.3 is 0 Å². The number of quaternary nitrogens is 2. The van der Waals surface area contributed by atoms with Gasteiger partial charge in [0.05, 0.1) is 6.21 Å². The summed E-state index contributed by atoms with van der Waals surface area (Å²) in [5, 5.41) is 4.09. The highest BCUT2D eigenvalue weighted by Crippen LogP contribution is 2.13. The molecule has 1 saturated heterocycles. The first kappa shape index (κ1) is 20.6. The average molecular weight is 399 g/mol. The molecule has 148 valence electrons. The Balaban J connectivity index is 1.37. The number of hydrazone groups is 1. The number of thioether (sulfide) groups is 1. The third-order valence-corrected chi connectivity index (χ3v) is 5.91. The minimum atomic E-state index is -0.0195. The Kier molecular flexibility index (Phi) is 7.65. The average Bonchev–Trinajstić information content (AvgIpc) is 2.72. The van der Waals surface area contributed by atoms with Gasteiger partial charge in [-0.3, -0.25) is 4.79 Å². The van der Waals surface area contributed by atoms with Gasteiger partial charge < -0.3 is 9.80 Å². The molecule has 28 heavy (non-hydrogen) atoms. The molecule has 1 fully saturated rings. The molecule has 0 radical (unpaired) electrons. The summed E-state index contributed by atoms with van der Waals surface area (Å²) in [4.78, 5) is 16.3. The van der Waals surface area contributed by atoms with Crippen LogP contribution in [0, 0.1) is 6.92 Å².